The summed E-state index contributed by atoms with van der Waals surface area (Å²) >= 11 is 5.79. The Labute approximate surface area is 130 Å². The molecular weight excluding hydrogens is 288 g/mol. The van der Waals surface area contributed by atoms with Crippen LogP contribution in [0.15, 0.2) is 24.3 Å². The molecule has 0 radical (unpaired) electrons. The Kier molecular flexibility index (Phi) is 5.80. The van der Waals surface area contributed by atoms with Gasteiger partial charge in [-0.3, -0.25) is 15.0 Å². The monoisotopic (exact) mass is 306 g/mol. The third kappa shape index (κ3) is 5.13. The summed E-state index contributed by atoms with van der Waals surface area (Å²) in [6.07, 6.45) is 0.578. The van der Waals surface area contributed by atoms with Gasteiger partial charge in [0.2, 0.25) is 0 Å². The lowest BCUT2D eigenvalue weighted by molar-refractivity contribution is -0.132. The largest absolute Gasteiger partial charge is 0.317 e. The molecule has 4 nitrogen and oxygen atoms in total. The molecule has 0 aliphatic heterocycles. The molecule has 1 aromatic carbocycles. The number of benzene rings is 1. The first-order valence-electron chi connectivity index (χ1n) is 6.65. The zero-order valence-corrected chi connectivity index (χ0v) is 13.4. The molecule has 0 saturated heterocycles. The summed E-state index contributed by atoms with van der Waals surface area (Å²) in [5, 5.41) is 1.79. The lowest BCUT2D eigenvalue weighted by atomic mass is 10.1. The Morgan fingerprint density at radius 3 is 2.29 bits per heavy atom. The van der Waals surface area contributed by atoms with Gasteiger partial charge in [-0.1, -0.05) is 24.4 Å². The Morgan fingerprint density at radius 2 is 1.81 bits per heavy atom. The average Bonchev–Trinajstić information content (AvgIpc) is 2.41. The van der Waals surface area contributed by atoms with Gasteiger partial charge in [0.1, 0.15) is 0 Å². The molecule has 1 N–H and O–H groups in total. The summed E-state index contributed by atoms with van der Waals surface area (Å²) in [6.45, 7) is 7.32. The van der Waals surface area contributed by atoms with Gasteiger partial charge in [0.05, 0.1) is 5.54 Å². The van der Waals surface area contributed by atoms with Crippen molar-refractivity contribution in [2.24, 2.45) is 0 Å². The first-order chi connectivity index (χ1) is 9.75. The van der Waals surface area contributed by atoms with Gasteiger partial charge >= 0.3 is 5.91 Å². The third-order valence-corrected chi connectivity index (χ3v) is 2.82. The molecule has 5 heteroatoms. The molecule has 0 atom stereocenters. The average molecular weight is 307 g/mol. The molecule has 0 unspecified atom stereocenters. The van der Waals surface area contributed by atoms with Gasteiger partial charge in [0.15, 0.2) is 0 Å². The highest BCUT2D eigenvalue weighted by atomic mass is 35.5. The second kappa shape index (κ2) is 7.14. The molecule has 2 amide bonds. The van der Waals surface area contributed by atoms with Crippen molar-refractivity contribution < 1.29 is 9.59 Å². The maximum Gasteiger partial charge on any atom is 0.317 e. The van der Waals surface area contributed by atoms with Crippen molar-refractivity contribution in [1.29, 1.82) is 0 Å². The van der Waals surface area contributed by atoms with E-state index in [4.69, 9.17) is 11.6 Å². The highest BCUT2D eigenvalue weighted by molar-refractivity contribution is 6.30. The summed E-state index contributed by atoms with van der Waals surface area (Å²) < 4.78 is 0. The Morgan fingerprint density at radius 1 is 1.24 bits per heavy atom. The van der Waals surface area contributed by atoms with E-state index in [-0.39, 0.29) is 5.91 Å². The smallest absolute Gasteiger partial charge is 0.267 e. The zero-order chi connectivity index (χ0) is 16.0. The lowest BCUT2D eigenvalue weighted by Gasteiger charge is -2.33. The van der Waals surface area contributed by atoms with E-state index in [1.165, 1.54) is 5.01 Å². The molecule has 0 fully saturated rings. The normalized spacial score (nSPS) is 10.3. The minimum atomic E-state index is -0.582. The standard InChI is InChI=1S/C16H19ClN2O2/c1-5-6-7-14(20)19(16(2,3)4)18-15(21)12-8-10-13(17)11-9-12/h8-11H,5H2,1-4H3,(H,18,21). The maximum absolute atomic E-state index is 12.2. The predicted octanol–water partition coefficient (Wildman–Crippen LogP) is 3.03. The molecule has 0 heterocycles. The molecule has 21 heavy (non-hydrogen) atoms. The van der Waals surface area contributed by atoms with Crippen LogP contribution in [0.4, 0.5) is 0 Å². The molecular formula is C16H19ClN2O2. The highest BCUT2D eigenvalue weighted by Gasteiger charge is 2.27. The molecule has 0 aliphatic rings. The van der Waals surface area contributed by atoms with Crippen LogP contribution >= 0.6 is 11.6 Å². The molecule has 1 rings (SSSR count). The van der Waals surface area contributed by atoms with Crippen molar-refractivity contribution in [2.75, 3.05) is 0 Å². The van der Waals surface area contributed by atoms with Crippen molar-refractivity contribution in [1.82, 2.24) is 10.4 Å². The Hall–Kier alpha value is -1.99. The topological polar surface area (TPSA) is 49.4 Å². The molecule has 112 valence electrons. The molecule has 0 bridgehead atoms. The van der Waals surface area contributed by atoms with Gasteiger partial charge < -0.3 is 0 Å². The number of carbonyl (C=O) groups is 2. The Bertz CT molecular complexity index is 577. The maximum atomic E-state index is 12.2. The summed E-state index contributed by atoms with van der Waals surface area (Å²) in [7, 11) is 0. The summed E-state index contributed by atoms with van der Waals surface area (Å²) in [5.74, 6) is 4.40. The van der Waals surface area contributed by atoms with Crippen molar-refractivity contribution >= 4 is 23.4 Å². The van der Waals surface area contributed by atoms with Crippen LogP contribution in [0.1, 0.15) is 44.5 Å². The van der Waals surface area contributed by atoms with E-state index in [1.807, 2.05) is 27.7 Å². The van der Waals surface area contributed by atoms with E-state index in [2.05, 4.69) is 17.3 Å². The fourth-order valence-corrected chi connectivity index (χ4v) is 1.64. The number of nitrogens with zero attached hydrogens (tertiary/aromatic N) is 1. The summed E-state index contributed by atoms with van der Waals surface area (Å²) in [4.78, 5) is 24.3. The molecule has 0 aromatic heterocycles. The van der Waals surface area contributed by atoms with Gasteiger partial charge in [-0.15, -0.1) is 0 Å². The van der Waals surface area contributed by atoms with E-state index in [1.54, 1.807) is 24.3 Å². The van der Waals surface area contributed by atoms with E-state index in [0.29, 0.717) is 17.0 Å². The first-order valence-corrected chi connectivity index (χ1v) is 7.03. The van der Waals surface area contributed by atoms with Gasteiger partial charge in [-0.05, 0) is 51.0 Å². The number of halogens is 1. The molecule has 1 aromatic rings. The van der Waals surface area contributed by atoms with Crippen LogP contribution in [0.25, 0.3) is 0 Å². The second-order valence-corrected chi connectivity index (χ2v) is 5.85. The van der Waals surface area contributed by atoms with E-state index >= 15 is 0 Å². The number of hydrogen-bond donors (Lipinski definition) is 1. The van der Waals surface area contributed by atoms with Crippen LogP contribution in [0.2, 0.25) is 5.02 Å². The van der Waals surface area contributed by atoms with Crippen molar-refractivity contribution in [3.05, 3.63) is 34.9 Å². The van der Waals surface area contributed by atoms with E-state index in [0.717, 1.165) is 0 Å². The fourth-order valence-electron chi connectivity index (χ4n) is 1.51. The van der Waals surface area contributed by atoms with Crippen molar-refractivity contribution in [3.8, 4) is 11.8 Å². The predicted molar refractivity (Wildman–Crippen MR) is 83.6 cm³/mol. The third-order valence-electron chi connectivity index (χ3n) is 2.57. The van der Waals surface area contributed by atoms with Crippen LogP contribution in [0.5, 0.6) is 0 Å². The fraction of sp³-hybridized carbons (Fsp3) is 0.375. The first kappa shape index (κ1) is 17.1. The number of hydrazine groups is 1. The lowest BCUT2D eigenvalue weighted by Crippen LogP contribution is -2.55. The van der Waals surface area contributed by atoms with Crippen molar-refractivity contribution in [2.45, 2.75) is 39.7 Å². The highest BCUT2D eigenvalue weighted by Crippen LogP contribution is 2.13. The number of amides is 2. The van der Waals surface area contributed by atoms with Crippen LogP contribution < -0.4 is 5.43 Å². The van der Waals surface area contributed by atoms with Crippen LogP contribution in [0, 0.1) is 11.8 Å². The number of hydrogen-bond acceptors (Lipinski definition) is 2. The number of rotatable bonds is 1. The minimum Gasteiger partial charge on any atom is -0.267 e. The second-order valence-electron chi connectivity index (χ2n) is 5.41. The summed E-state index contributed by atoms with van der Waals surface area (Å²) in [5.41, 5.74) is 2.44. The minimum absolute atomic E-state index is 0.381. The Balaban J connectivity index is 2.94. The molecule has 0 spiro atoms. The van der Waals surface area contributed by atoms with Gasteiger partial charge in [0, 0.05) is 17.0 Å². The van der Waals surface area contributed by atoms with Gasteiger partial charge in [-0.25, -0.2) is 5.01 Å². The van der Waals surface area contributed by atoms with E-state index < -0.39 is 11.4 Å². The van der Waals surface area contributed by atoms with Gasteiger partial charge in [0.25, 0.3) is 5.91 Å². The van der Waals surface area contributed by atoms with E-state index in [9.17, 15) is 9.59 Å². The van der Waals surface area contributed by atoms with Crippen LogP contribution in [-0.2, 0) is 4.79 Å². The van der Waals surface area contributed by atoms with Crippen molar-refractivity contribution in [3.63, 3.8) is 0 Å². The quantitative estimate of drug-likeness (QED) is 0.640. The van der Waals surface area contributed by atoms with Crippen LogP contribution in [-0.4, -0.2) is 22.4 Å². The van der Waals surface area contributed by atoms with Gasteiger partial charge in [-0.2, -0.15) is 0 Å². The number of nitrogens with one attached hydrogen (secondary N) is 1. The SMILES string of the molecule is CCC#CC(=O)N(NC(=O)c1ccc(Cl)cc1)C(C)(C)C. The molecule has 0 saturated carbocycles. The molecule has 0 aliphatic carbocycles. The summed E-state index contributed by atoms with van der Waals surface area (Å²) in [6, 6.07) is 6.44. The zero-order valence-electron chi connectivity index (χ0n) is 12.7. The number of carbonyl (C=O) groups excluding carboxylic acids is 2. The van der Waals surface area contributed by atoms with Crippen LogP contribution in [0.3, 0.4) is 0 Å².